The molecule has 1 unspecified atom stereocenters. The van der Waals surface area contributed by atoms with Gasteiger partial charge in [-0.25, -0.2) is 13.2 Å². The molecular weight excluding hydrogens is 252 g/mol. The van der Waals surface area contributed by atoms with Crippen LogP contribution in [0.4, 0.5) is 35.1 Å². The minimum atomic E-state index is -6.43. The number of Topliss-reactive ketones (excluding diaryl/α,β-unsaturated/α-hetero) is 1. The Morgan fingerprint density at radius 3 is 1.19 bits per heavy atom. The molecule has 16 heavy (non-hydrogen) atoms. The van der Waals surface area contributed by atoms with Crippen molar-refractivity contribution in [3.63, 3.8) is 0 Å². The second-order valence-corrected chi connectivity index (χ2v) is 3.26. The summed E-state index contributed by atoms with van der Waals surface area (Å²) >= 11 is 0. The highest BCUT2D eigenvalue weighted by Crippen LogP contribution is 2.48. The summed E-state index contributed by atoms with van der Waals surface area (Å²) in [6, 6.07) is 0. The van der Waals surface area contributed by atoms with E-state index in [1.807, 2.05) is 0 Å². The second kappa shape index (κ2) is 3.56. The van der Waals surface area contributed by atoms with Crippen molar-refractivity contribution in [2.24, 2.45) is 0 Å². The molecule has 0 heterocycles. The smallest absolute Gasteiger partial charge is 0.289 e. The van der Waals surface area contributed by atoms with Gasteiger partial charge in [0.25, 0.3) is 11.7 Å². The van der Waals surface area contributed by atoms with Gasteiger partial charge in [-0.2, -0.15) is 22.0 Å². The van der Waals surface area contributed by atoms with Gasteiger partial charge in [0.15, 0.2) is 0 Å². The summed E-state index contributed by atoms with van der Waals surface area (Å²) in [6.07, 6.45) is -6.43. The normalized spacial score (nSPS) is 18.1. The van der Waals surface area contributed by atoms with Crippen LogP contribution in [0, 0.1) is 0 Å². The fourth-order valence-electron chi connectivity index (χ4n) is 0.879. The Kier molecular flexibility index (Phi) is 3.36. The van der Waals surface area contributed by atoms with Crippen LogP contribution >= 0.6 is 0 Å². The van der Waals surface area contributed by atoms with Crippen LogP contribution in [0.1, 0.15) is 13.8 Å². The molecule has 96 valence electrons. The number of ketones is 1. The molecular formula is C7H6F8O. The summed E-state index contributed by atoms with van der Waals surface area (Å²) in [4.78, 5) is 10.5. The monoisotopic (exact) mass is 258 g/mol. The van der Waals surface area contributed by atoms with E-state index >= 15 is 0 Å². The van der Waals surface area contributed by atoms with E-state index in [1.54, 1.807) is 0 Å². The first-order valence-electron chi connectivity index (χ1n) is 3.72. The van der Waals surface area contributed by atoms with Crippen LogP contribution in [0.5, 0.6) is 0 Å². The Balaban J connectivity index is 5.74. The first-order valence-corrected chi connectivity index (χ1v) is 3.72. The summed E-state index contributed by atoms with van der Waals surface area (Å²) in [5.41, 5.74) is -5.90. The van der Waals surface area contributed by atoms with Crippen molar-refractivity contribution in [2.75, 3.05) is 0 Å². The van der Waals surface area contributed by atoms with Crippen LogP contribution in [0.15, 0.2) is 0 Å². The molecule has 0 radical (unpaired) electrons. The average Bonchev–Trinajstić information content (AvgIpc) is 1.95. The van der Waals surface area contributed by atoms with E-state index in [0.29, 0.717) is 0 Å². The van der Waals surface area contributed by atoms with Crippen molar-refractivity contribution < 1.29 is 39.9 Å². The number of rotatable bonds is 3. The SMILES string of the molecule is CC(F)(F)C(=O)C(F)(C(C)(F)F)C(F)(F)F. The van der Waals surface area contributed by atoms with Gasteiger partial charge in [-0.15, -0.1) is 0 Å². The molecule has 0 saturated carbocycles. The maximum Gasteiger partial charge on any atom is 0.436 e. The van der Waals surface area contributed by atoms with Gasteiger partial charge in [0.1, 0.15) is 0 Å². The van der Waals surface area contributed by atoms with Gasteiger partial charge in [-0.3, -0.25) is 4.79 Å². The molecule has 0 spiro atoms. The molecule has 0 bridgehead atoms. The standard InChI is InChI=1S/C7H6F8O/c1-4(8,9)3(16)6(12,5(2,10)11)7(13,14)15/h1-2H3. The third-order valence-electron chi connectivity index (χ3n) is 1.71. The summed E-state index contributed by atoms with van der Waals surface area (Å²) in [6.45, 7) is -0.981. The van der Waals surface area contributed by atoms with Gasteiger partial charge in [0.2, 0.25) is 0 Å². The van der Waals surface area contributed by atoms with Gasteiger partial charge >= 0.3 is 17.8 Å². The molecule has 0 N–H and O–H groups in total. The molecule has 0 aromatic rings. The minimum Gasteiger partial charge on any atom is -0.289 e. The Morgan fingerprint density at radius 1 is 0.812 bits per heavy atom. The Morgan fingerprint density at radius 2 is 1.12 bits per heavy atom. The van der Waals surface area contributed by atoms with Gasteiger partial charge < -0.3 is 0 Å². The Labute approximate surface area is 84.4 Å². The lowest BCUT2D eigenvalue weighted by atomic mass is 9.89. The van der Waals surface area contributed by atoms with E-state index < -0.39 is 36.4 Å². The third-order valence-corrected chi connectivity index (χ3v) is 1.71. The van der Waals surface area contributed by atoms with Crippen LogP contribution in [0.2, 0.25) is 0 Å². The largest absolute Gasteiger partial charge is 0.436 e. The van der Waals surface area contributed by atoms with Crippen LogP contribution in [-0.4, -0.2) is 29.5 Å². The van der Waals surface area contributed by atoms with E-state index in [-0.39, 0.29) is 6.92 Å². The summed E-state index contributed by atoms with van der Waals surface area (Å²) in [7, 11) is 0. The molecule has 1 atom stereocenters. The Bertz CT molecular complexity index is 266. The van der Waals surface area contributed by atoms with E-state index in [1.165, 1.54) is 0 Å². The van der Waals surface area contributed by atoms with Crippen molar-refractivity contribution >= 4 is 5.78 Å². The van der Waals surface area contributed by atoms with Crippen molar-refractivity contribution in [1.29, 1.82) is 0 Å². The predicted octanol–water partition coefficient (Wildman–Crippen LogP) is 3.14. The molecule has 0 amide bonds. The predicted molar refractivity (Wildman–Crippen MR) is 36.1 cm³/mol. The van der Waals surface area contributed by atoms with E-state index in [4.69, 9.17) is 0 Å². The van der Waals surface area contributed by atoms with Crippen LogP contribution in [0.3, 0.4) is 0 Å². The highest BCUT2D eigenvalue weighted by molar-refractivity contribution is 5.94. The molecule has 0 rings (SSSR count). The second-order valence-electron chi connectivity index (χ2n) is 3.26. The van der Waals surface area contributed by atoms with Crippen molar-refractivity contribution in [2.45, 2.75) is 37.5 Å². The highest BCUT2D eigenvalue weighted by atomic mass is 19.4. The summed E-state index contributed by atoms with van der Waals surface area (Å²) in [5.74, 6) is -13.7. The number of carbonyl (C=O) groups is 1. The average molecular weight is 258 g/mol. The zero-order valence-corrected chi connectivity index (χ0v) is 7.93. The fraction of sp³-hybridized carbons (Fsp3) is 0.857. The molecule has 0 fully saturated rings. The maximum absolute atomic E-state index is 13.0. The van der Waals surface area contributed by atoms with Gasteiger partial charge in [-0.1, -0.05) is 0 Å². The zero-order valence-electron chi connectivity index (χ0n) is 7.93. The number of alkyl halides is 8. The first-order chi connectivity index (χ1) is 6.65. The molecule has 0 aliphatic heterocycles. The lowest BCUT2D eigenvalue weighted by Gasteiger charge is -2.32. The first kappa shape index (κ1) is 15.1. The number of carbonyl (C=O) groups excluding carboxylic acids is 1. The fourth-order valence-corrected chi connectivity index (χ4v) is 0.879. The number of halogens is 8. The lowest BCUT2D eigenvalue weighted by Crippen LogP contribution is -2.63. The van der Waals surface area contributed by atoms with Gasteiger partial charge in [0.05, 0.1) is 0 Å². The molecule has 0 aromatic carbocycles. The van der Waals surface area contributed by atoms with Crippen molar-refractivity contribution in [3.8, 4) is 0 Å². The van der Waals surface area contributed by atoms with E-state index in [2.05, 4.69) is 0 Å². The molecule has 9 heteroatoms. The molecule has 0 aromatic heterocycles. The number of hydrogen-bond acceptors (Lipinski definition) is 1. The van der Waals surface area contributed by atoms with E-state index in [0.717, 1.165) is 0 Å². The lowest BCUT2D eigenvalue weighted by molar-refractivity contribution is -0.290. The summed E-state index contributed by atoms with van der Waals surface area (Å²) in [5, 5.41) is 0. The molecule has 0 saturated heterocycles. The van der Waals surface area contributed by atoms with Gasteiger partial charge in [-0.05, 0) is 0 Å². The van der Waals surface area contributed by atoms with Gasteiger partial charge in [0, 0.05) is 13.8 Å². The number of hydrogen-bond donors (Lipinski definition) is 0. The maximum atomic E-state index is 13.0. The van der Waals surface area contributed by atoms with Crippen LogP contribution < -0.4 is 0 Å². The zero-order chi connectivity index (χ0) is 13.6. The minimum absolute atomic E-state index is 0.388. The van der Waals surface area contributed by atoms with Crippen molar-refractivity contribution in [1.82, 2.24) is 0 Å². The van der Waals surface area contributed by atoms with Crippen LogP contribution in [-0.2, 0) is 4.79 Å². The highest BCUT2D eigenvalue weighted by Gasteiger charge is 2.76. The topological polar surface area (TPSA) is 17.1 Å². The van der Waals surface area contributed by atoms with Crippen LogP contribution in [0.25, 0.3) is 0 Å². The van der Waals surface area contributed by atoms with E-state index in [9.17, 15) is 39.9 Å². The quantitative estimate of drug-likeness (QED) is 0.711. The van der Waals surface area contributed by atoms with Crippen molar-refractivity contribution in [3.05, 3.63) is 0 Å². The third kappa shape index (κ3) is 2.27. The molecule has 1 nitrogen and oxygen atoms in total. The molecule has 0 aliphatic carbocycles. The summed E-state index contributed by atoms with van der Waals surface area (Å²) < 4.78 is 98.2. The Hall–Kier alpha value is -0.890. The molecule has 0 aliphatic rings.